The Hall–Kier alpha value is -1.52. The third-order valence-electron chi connectivity index (χ3n) is 7.90. The summed E-state index contributed by atoms with van der Waals surface area (Å²) in [5.74, 6) is 0.00524. The molecule has 1 aromatic rings. The van der Waals surface area contributed by atoms with Gasteiger partial charge in [0.05, 0.1) is 11.5 Å². The van der Waals surface area contributed by atoms with E-state index in [9.17, 15) is 13.2 Å². The van der Waals surface area contributed by atoms with Gasteiger partial charge in [-0.15, -0.1) is 0 Å². The molecule has 0 radical (unpaired) electrons. The van der Waals surface area contributed by atoms with Gasteiger partial charge in [-0.05, 0) is 77.7 Å². The number of benzene rings is 1. The first-order valence-electron chi connectivity index (χ1n) is 13.0. The fourth-order valence-corrected chi connectivity index (χ4v) is 8.15. The highest BCUT2D eigenvalue weighted by Crippen LogP contribution is 2.30. The molecule has 0 spiro atoms. The predicted octanol–water partition coefficient (Wildman–Crippen LogP) is 2.02. The van der Waals surface area contributed by atoms with Crippen LogP contribution in [0.1, 0.15) is 42.4 Å². The molecule has 0 unspecified atom stereocenters. The van der Waals surface area contributed by atoms with Crippen LogP contribution in [0, 0.1) is 20.8 Å². The Bertz CT molecular complexity index is 976. The molecule has 3 heterocycles. The molecule has 4 rings (SSSR count). The van der Waals surface area contributed by atoms with Gasteiger partial charge in [0.25, 0.3) is 0 Å². The molecule has 0 aromatic heterocycles. The van der Waals surface area contributed by atoms with E-state index in [-0.39, 0.29) is 25.2 Å². The first kappa shape index (κ1) is 26.5. The van der Waals surface area contributed by atoms with Crippen LogP contribution in [0.5, 0.6) is 0 Å². The van der Waals surface area contributed by atoms with Gasteiger partial charge in [-0.2, -0.15) is 4.31 Å². The minimum atomic E-state index is -3.61. The number of hydrogen-bond donors (Lipinski definition) is 0. The second kappa shape index (κ2) is 11.3. The van der Waals surface area contributed by atoms with Gasteiger partial charge >= 0.3 is 0 Å². The maximum absolute atomic E-state index is 13.5. The van der Waals surface area contributed by atoms with Crippen molar-refractivity contribution in [3.05, 3.63) is 28.8 Å². The number of likely N-dealkylation sites (tertiary alicyclic amines) is 1. The van der Waals surface area contributed by atoms with Crippen molar-refractivity contribution in [2.75, 3.05) is 66.1 Å². The van der Waals surface area contributed by atoms with Crippen molar-refractivity contribution in [1.29, 1.82) is 0 Å². The van der Waals surface area contributed by atoms with Gasteiger partial charge in [0.15, 0.2) is 0 Å². The molecule has 3 aliphatic heterocycles. The molecule has 0 saturated carbocycles. The molecular weight excluding hydrogens is 464 g/mol. The summed E-state index contributed by atoms with van der Waals surface area (Å²) in [6.45, 7) is 12.1. The SMILES string of the molecule is Cc1cc(C)c(S(=O)(=O)N2CCC[C@H]2COCC(=O)N2CCN(C3CCN(C)CC3)CC2)c(C)c1. The van der Waals surface area contributed by atoms with Crippen LogP contribution in [-0.4, -0.2) is 111 Å². The number of sulfonamides is 1. The van der Waals surface area contributed by atoms with Crippen molar-refractivity contribution >= 4 is 15.9 Å². The molecule has 0 aliphatic carbocycles. The molecule has 9 heteroatoms. The summed E-state index contributed by atoms with van der Waals surface area (Å²) in [6, 6.07) is 4.25. The molecule has 1 aromatic carbocycles. The topological polar surface area (TPSA) is 73.4 Å². The summed E-state index contributed by atoms with van der Waals surface area (Å²) < 4.78 is 34.4. The molecule has 1 atom stereocenters. The van der Waals surface area contributed by atoms with Gasteiger partial charge in [-0.1, -0.05) is 17.7 Å². The van der Waals surface area contributed by atoms with Crippen LogP contribution >= 0.6 is 0 Å². The molecule has 3 aliphatic rings. The largest absolute Gasteiger partial charge is 0.370 e. The summed E-state index contributed by atoms with van der Waals surface area (Å²) >= 11 is 0. The number of piperidine rings is 1. The first-order valence-corrected chi connectivity index (χ1v) is 14.5. The zero-order valence-electron chi connectivity index (χ0n) is 21.8. The zero-order valence-corrected chi connectivity index (χ0v) is 22.6. The highest BCUT2D eigenvalue weighted by Gasteiger charge is 2.37. The van der Waals surface area contributed by atoms with E-state index in [1.54, 1.807) is 4.31 Å². The van der Waals surface area contributed by atoms with E-state index in [1.165, 1.54) is 12.8 Å². The summed E-state index contributed by atoms with van der Waals surface area (Å²) in [7, 11) is -1.43. The number of hydrogen-bond acceptors (Lipinski definition) is 6. The number of nitrogens with zero attached hydrogens (tertiary/aromatic N) is 4. The van der Waals surface area contributed by atoms with Gasteiger partial charge in [-0.3, -0.25) is 9.69 Å². The summed E-state index contributed by atoms with van der Waals surface area (Å²) in [4.78, 5) is 20.0. The first-order chi connectivity index (χ1) is 16.7. The minimum absolute atomic E-state index is 0.00524. The number of carbonyl (C=O) groups excluding carboxylic acids is 1. The number of rotatable bonds is 7. The van der Waals surface area contributed by atoms with Crippen LogP contribution in [-0.2, 0) is 19.6 Å². The van der Waals surface area contributed by atoms with Gasteiger partial charge in [-0.25, -0.2) is 8.42 Å². The molecule has 35 heavy (non-hydrogen) atoms. The Labute approximate surface area is 211 Å². The highest BCUT2D eigenvalue weighted by atomic mass is 32.2. The van der Waals surface area contributed by atoms with Crippen molar-refractivity contribution < 1.29 is 17.9 Å². The molecule has 196 valence electrons. The summed E-state index contributed by atoms with van der Waals surface area (Å²) in [5, 5.41) is 0. The quantitative estimate of drug-likeness (QED) is 0.564. The van der Waals surface area contributed by atoms with Gasteiger partial charge < -0.3 is 14.5 Å². The second-order valence-corrected chi connectivity index (χ2v) is 12.4. The van der Waals surface area contributed by atoms with Crippen LogP contribution in [0.4, 0.5) is 0 Å². The van der Waals surface area contributed by atoms with E-state index in [2.05, 4.69) is 16.8 Å². The Morgan fingerprint density at radius 2 is 1.57 bits per heavy atom. The average Bonchev–Trinajstić information content (AvgIpc) is 3.28. The normalized spacial score (nSPS) is 23.8. The molecule has 0 N–H and O–H groups in total. The number of aryl methyl sites for hydroxylation is 3. The van der Waals surface area contributed by atoms with E-state index in [0.717, 1.165) is 68.8 Å². The number of carbonyl (C=O) groups is 1. The Morgan fingerprint density at radius 3 is 2.20 bits per heavy atom. The molecule has 8 nitrogen and oxygen atoms in total. The maximum Gasteiger partial charge on any atom is 0.248 e. The van der Waals surface area contributed by atoms with Gasteiger partial charge in [0.1, 0.15) is 6.61 Å². The van der Waals surface area contributed by atoms with Crippen molar-refractivity contribution in [3.63, 3.8) is 0 Å². The zero-order chi connectivity index (χ0) is 25.2. The molecule has 3 saturated heterocycles. The van der Waals surface area contributed by atoms with E-state index < -0.39 is 10.0 Å². The number of piperazine rings is 1. The number of amides is 1. The van der Waals surface area contributed by atoms with Crippen LogP contribution in [0.3, 0.4) is 0 Å². The van der Waals surface area contributed by atoms with E-state index in [0.29, 0.717) is 17.5 Å². The molecular formula is C26H42N4O4S. The fraction of sp³-hybridized carbons (Fsp3) is 0.731. The minimum Gasteiger partial charge on any atom is -0.370 e. The van der Waals surface area contributed by atoms with Crippen molar-refractivity contribution in [2.45, 2.75) is 63.4 Å². The maximum atomic E-state index is 13.5. The number of ether oxygens (including phenoxy) is 1. The lowest BCUT2D eigenvalue weighted by atomic mass is 10.0. The summed E-state index contributed by atoms with van der Waals surface area (Å²) in [5.41, 5.74) is 2.62. The monoisotopic (exact) mass is 506 g/mol. The average molecular weight is 507 g/mol. The Balaban J connectivity index is 1.26. The summed E-state index contributed by atoms with van der Waals surface area (Å²) in [6.07, 6.45) is 3.97. The lowest BCUT2D eigenvalue weighted by Gasteiger charge is -2.42. The van der Waals surface area contributed by atoms with Crippen LogP contribution in [0.15, 0.2) is 17.0 Å². The third kappa shape index (κ3) is 6.07. The highest BCUT2D eigenvalue weighted by molar-refractivity contribution is 7.89. The van der Waals surface area contributed by atoms with Crippen LogP contribution in [0.2, 0.25) is 0 Å². The van der Waals surface area contributed by atoms with Crippen LogP contribution in [0.25, 0.3) is 0 Å². The van der Waals surface area contributed by atoms with E-state index in [1.807, 2.05) is 37.8 Å². The molecule has 3 fully saturated rings. The van der Waals surface area contributed by atoms with Gasteiger partial charge in [0.2, 0.25) is 15.9 Å². The molecule has 1 amide bonds. The van der Waals surface area contributed by atoms with Crippen molar-refractivity contribution in [1.82, 2.24) is 19.0 Å². The van der Waals surface area contributed by atoms with Crippen LogP contribution < -0.4 is 0 Å². The van der Waals surface area contributed by atoms with Gasteiger partial charge in [0, 0.05) is 44.8 Å². The fourth-order valence-electron chi connectivity index (χ4n) is 6.05. The Kier molecular flexibility index (Phi) is 8.53. The van der Waals surface area contributed by atoms with E-state index in [4.69, 9.17) is 4.74 Å². The lowest BCUT2D eigenvalue weighted by molar-refractivity contribution is -0.138. The van der Waals surface area contributed by atoms with Crippen molar-refractivity contribution in [3.8, 4) is 0 Å². The van der Waals surface area contributed by atoms with E-state index >= 15 is 0 Å². The standard InChI is InChI=1S/C26H42N4O4S/c1-20-16-21(2)26(22(3)17-20)35(32,33)30-9-5-6-24(30)18-34-19-25(31)29-14-12-28(13-15-29)23-7-10-27(4)11-8-23/h16-17,23-24H,5-15,18-19H2,1-4H3/t24-/m0/s1. The Morgan fingerprint density at radius 1 is 0.943 bits per heavy atom. The smallest absolute Gasteiger partial charge is 0.248 e. The van der Waals surface area contributed by atoms with Crippen molar-refractivity contribution in [2.24, 2.45) is 0 Å². The third-order valence-corrected chi connectivity index (χ3v) is 10.2. The predicted molar refractivity (Wildman–Crippen MR) is 137 cm³/mol. The second-order valence-electron chi connectivity index (χ2n) is 10.6. The lowest BCUT2D eigenvalue weighted by Crippen LogP contribution is -2.54. The molecule has 0 bridgehead atoms.